The van der Waals surface area contributed by atoms with Crippen molar-refractivity contribution in [2.45, 2.75) is 0 Å². The Morgan fingerprint density at radius 1 is 1.31 bits per heavy atom. The van der Waals surface area contributed by atoms with Crippen LogP contribution in [0, 0.1) is 0 Å². The molecule has 0 aliphatic heterocycles. The molecule has 2 heteroatoms. The second kappa shape index (κ2) is 4.45. The standard InChI is InChI=1S/C11H14N2/c1-4-10-7-5-6-8-11(10)12-9-13(2)3/h4-9H,1H2,2-3H3. The van der Waals surface area contributed by atoms with Crippen LogP contribution in [-0.2, 0) is 0 Å². The molecule has 2 nitrogen and oxygen atoms in total. The monoisotopic (exact) mass is 174 g/mol. The Morgan fingerprint density at radius 3 is 2.62 bits per heavy atom. The molecule has 0 saturated heterocycles. The number of hydrogen-bond donors (Lipinski definition) is 0. The first kappa shape index (κ1) is 9.52. The first-order valence-corrected chi connectivity index (χ1v) is 4.16. The number of aliphatic imine (C=N–C) groups is 1. The van der Waals surface area contributed by atoms with E-state index in [2.05, 4.69) is 11.6 Å². The van der Waals surface area contributed by atoms with Gasteiger partial charge in [-0.15, -0.1) is 0 Å². The van der Waals surface area contributed by atoms with Crippen molar-refractivity contribution in [2.75, 3.05) is 14.1 Å². The number of benzene rings is 1. The minimum Gasteiger partial charge on any atom is -0.369 e. The summed E-state index contributed by atoms with van der Waals surface area (Å²) in [6.07, 6.45) is 3.59. The van der Waals surface area contributed by atoms with Crippen molar-refractivity contribution >= 4 is 18.1 Å². The molecule has 0 aliphatic carbocycles. The highest BCUT2D eigenvalue weighted by atomic mass is 15.1. The fourth-order valence-corrected chi connectivity index (χ4v) is 0.955. The van der Waals surface area contributed by atoms with Crippen LogP contribution in [-0.4, -0.2) is 25.3 Å². The van der Waals surface area contributed by atoms with Crippen molar-refractivity contribution in [1.29, 1.82) is 0 Å². The maximum absolute atomic E-state index is 4.31. The van der Waals surface area contributed by atoms with E-state index in [1.54, 1.807) is 6.34 Å². The number of nitrogens with zero attached hydrogens (tertiary/aromatic N) is 2. The minimum absolute atomic E-state index is 0.950. The first-order valence-electron chi connectivity index (χ1n) is 4.16. The molecule has 0 unspecified atom stereocenters. The van der Waals surface area contributed by atoms with Gasteiger partial charge < -0.3 is 4.90 Å². The maximum atomic E-state index is 4.31. The van der Waals surface area contributed by atoms with Crippen molar-refractivity contribution < 1.29 is 0 Å². The van der Waals surface area contributed by atoms with E-state index in [9.17, 15) is 0 Å². The molecule has 0 N–H and O–H groups in total. The van der Waals surface area contributed by atoms with Crippen molar-refractivity contribution in [3.05, 3.63) is 36.4 Å². The maximum Gasteiger partial charge on any atom is 0.0907 e. The summed E-state index contributed by atoms with van der Waals surface area (Å²) in [5.41, 5.74) is 2.01. The molecule has 1 aromatic rings. The van der Waals surface area contributed by atoms with E-state index in [0.29, 0.717) is 0 Å². The summed E-state index contributed by atoms with van der Waals surface area (Å²) in [6.45, 7) is 3.73. The van der Waals surface area contributed by atoms with E-state index in [1.165, 1.54) is 0 Å². The Bertz CT molecular complexity index is 314. The molecule has 1 rings (SSSR count). The summed E-state index contributed by atoms with van der Waals surface area (Å²) in [7, 11) is 3.89. The highest BCUT2D eigenvalue weighted by Gasteiger charge is 1.93. The Hall–Kier alpha value is -1.57. The van der Waals surface area contributed by atoms with E-state index in [0.717, 1.165) is 11.3 Å². The van der Waals surface area contributed by atoms with Crippen LogP contribution in [0.1, 0.15) is 5.56 Å². The van der Waals surface area contributed by atoms with Gasteiger partial charge in [-0.1, -0.05) is 30.9 Å². The van der Waals surface area contributed by atoms with Crippen LogP contribution in [0.25, 0.3) is 6.08 Å². The molecule has 0 atom stereocenters. The predicted octanol–water partition coefficient (Wildman–Crippen LogP) is 2.55. The van der Waals surface area contributed by atoms with Gasteiger partial charge in [-0.3, -0.25) is 0 Å². The van der Waals surface area contributed by atoms with Gasteiger partial charge in [0.1, 0.15) is 0 Å². The zero-order valence-corrected chi connectivity index (χ0v) is 8.07. The third kappa shape index (κ3) is 2.75. The fraction of sp³-hybridized carbons (Fsp3) is 0.182. The van der Waals surface area contributed by atoms with E-state index in [4.69, 9.17) is 0 Å². The molecular weight excluding hydrogens is 160 g/mol. The van der Waals surface area contributed by atoms with Crippen LogP contribution in [0.3, 0.4) is 0 Å². The SMILES string of the molecule is C=Cc1ccccc1N=CN(C)C. The molecule has 13 heavy (non-hydrogen) atoms. The normalized spacial score (nSPS) is 10.3. The topological polar surface area (TPSA) is 15.6 Å². The van der Waals surface area contributed by atoms with Crippen LogP contribution in [0.5, 0.6) is 0 Å². The molecule has 0 bridgehead atoms. The largest absolute Gasteiger partial charge is 0.369 e. The molecule has 0 spiro atoms. The minimum atomic E-state index is 0.950. The third-order valence-electron chi connectivity index (χ3n) is 1.58. The lowest BCUT2D eigenvalue weighted by atomic mass is 10.2. The number of hydrogen-bond acceptors (Lipinski definition) is 1. The van der Waals surface area contributed by atoms with Gasteiger partial charge >= 0.3 is 0 Å². The third-order valence-corrected chi connectivity index (χ3v) is 1.58. The summed E-state index contributed by atoms with van der Waals surface area (Å²) in [4.78, 5) is 6.21. The van der Waals surface area contributed by atoms with Gasteiger partial charge in [0.15, 0.2) is 0 Å². The Kier molecular flexibility index (Phi) is 3.26. The van der Waals surface area contributed by atoms with Gasteiger partial charge in [0.05, 0.1) is 12.0 Å². The van der Waals surface area contributed by atoms with Crippen molar-refractivity contribution in [3.63, 3.8) is 0 Å². The van der Waals surface area contributed by atoms with Gasteiger partial charge in [-0.05, 0) is 11.6 Å². The molecule has 0 aliphatic rings. The van der Waals surface area contributed by atoms with E-state index in [-0.39, 0.29) is 0 Å². The highest BCUT2D eigenvalue weighted by molar-refractivity contribution is 5.68. The first-order chi connectivity index (χ1) is 6.24. The van der Waals surface area contributed by atoms with Crippen LogP contribution < -0.4 is 0 Å². The molecule has 1 aromatic carbocycles. The summed E-state index contributed by atoms with van der Waals surface area (Å²) in [6, 6.07) is 7.91. The van der Waals surface area contributed by atoms with Crippen LogP contribution in [0.2, 0.25) is 0 Å². The highest BCUT2D eigenvalue weighted by Crippen LogP contribution is 2.18. The zero-order chi connectivity index (χ0) is 9.68. The Labute approximate surface area is 79.2 Å². The molecule has 68 valence electrons. The van der Waals surface area contributed by atoms with Gasteiger partial charge in [-0.2, -0.15) is 0 Å². The smallest absolute Gasteiger partial charge is 0.0907 e. The van der Waals surface area contributed by atoms with Gasteiger partial charge in [0.25, 0.3) is 0 Å². The second-order valence-electron chi connectivity index (χ2n) is 2.97. The van der Waals surface area contributed by atoms with Crippen molar-refractivity contribution in [1.82, 2.24) is 4.90 Å². The molecule has 0 aromatic heterocycles. The number of rotatable bonds is 3. The molecule has 0 amide bonds. The molecule has 0 fully saturated rings. The second-order valence-corrected chi connectivity index (χ2v) is 2.97. The van der Waals surface area contributed by atoms with Crippen molar-refractivity contribution in [2.24, 2.45) is 4.99 Å². The Morgan fingerprint density at radius 2 is 2.00 bits per heavy atom. The van der Waals surface area contributed by atoms with Crippen LogP contribution in [0.4, 0.5) is 5.69 Å². The van der Waals surface area contributed by atoms with Gasteiger partial charge in [0, 0.05) is 14.1 Å². The molecule has 0 heterocycles. The van der Waals surface area contributed by atoms with Crippen LogP contribution in [0.15, 0.2) is 35.8 Å². The molecular formula is C11H14N2. The zero-order valence-electron chi connectivity index (χ0n) is 8.07. The lowest BCUT2D eigenvalue weighted by Crippen LogP contribution is -2.07. The molecule has 0 saturated carbocycles. The van der Waals surface area contributed by atoms with E-state index < -0.39 is 0 Å². The summed E-state index contributed by atoms with van der Waals surface area (Å²) in [5, 5.41) is 0. The predicted molar refractivity (Wildman–Crippen MR) is 58.4 cm³/mol. The molecule has 0 radical (unpaired) electrons. The van der Waals surface area contributed by atoms with Gasteiger partial charge in [0.2, 0.25) is 0 Å². The number of para-hydroxylation sites is 1. The van der Waals surface area contributed by atoms with Gasteiger partial charge in [-0.25, -0.2) is 4.99 Å². The summed E-state index contributed by atoms with van der Waals surface area (Å²) in [5.74, 6) is 0. The fourth-order valence-electron chi connectivity index (χ4n) is 0.955. The average molecular weight is 174 g/mol. The lowest BCUT2D eigenvalue weighted by Gasteiger charge is -2.03. The average Bonchev–Trinajstić information content (AvgIpc) is 2.15. The summed E-state index contributed by atoms with van der Waals surface area (Å²) < 4.78 is 0. The summed E-state index contributed by atoms with van der Waals surface area (Å²) >= 11 is 0. The lowest BCUT2D eigenvalue weighted by molar-refractivity contribution is 0.643. The van der Waals surface area contributed by atoms with E-state index in [1.807, 2.05) is 49.3 Å². The van der Waals surface area contributed by atoms with Crippen molar-refractivity contribution in [3.8, 4) is 0 Å². The van der Waals surface area contributed by atoms with Crippen LogP contribution >= 0.6 is 0 Å². The quantitative estimate of drug-likeness (QED) is 0.508. The Balaban J connectivity index is 2.93. The van der Waals surface area contributed by atoms with E-state index >= 15 is 0 Å².